The molecular weight excluding hydrogens is 376 g/mol. The van der Waals surface area contributed by atoms with E-state index < -0.39 is 31.9 Å². The second-order valence-corrected chi connectivity index (χ2v) is 13.4. The van der Waals surface area contributed by atoms with E-state index in [-0.39, 0.29) is 23.2 Å². The first-order chi connectivity index (χ1) is 12.9. The van der Waals surface area contributed by atoms with Crippen LogP contribution in [0.3, 0.4) is 0 Å². The number of pyridine rings is 1. The van der Waals surface area contributed by atoms with Crippen molar-refractivity contribution in [1.29, 1.82) is 0 Å². The Hall–Kier alpha value is -1.77. The van der Waals surface area contributed by atoms with Gasteiger partial charge in [0.15, 0.2) is 0 Å². The predicted octanol–water partition coefficient (Wildman–Crippen LogP) is 3.66. The first-order valence-corrected chi connectivity index (χ1v) is 11.9. The van der Waals surface area contributed by atoms with Crippen LogP contribution in [0.2, 0.25) is 16.6 Å². The number of rotatable bonds is 10. The molecule has 7 nitrogen and oxygen atoms in total. The first-order valence-electron chi connectivity index (χ1n) is 9.74. The Morgan fingerprint density at radius 3 is 1.93 bits per heavy atom. The largest absolute Gasteiger partial charge is 0.478 e. The van der Waals surface area contributed by atoms with Gasteiger partial charge in [-0.3, -0.25) is 15.5 Å². The number of aliphatic carboxylic acids is 1. The quantitative estimate of drug-likeness (QED) is 0.344. The number of ether oxygens (including phenoxy) is 1. The number of carboxylic acid groups (broad SMARTS) is 1. The summed E-state index contributed by atoms with van der Waals surface area (Å²) < 4.78 is 11.6. The van der Waals surface area contributed by atoms with Crippen molar-refractivity contribution in [3.63, 3.8) is 0 Å². The summed E-state index contributed by atoms with van der Waals surface area (Å²) >= 11 is 0. The Bertz CT molecular complexity index is 644. The summed E-state index contributed by atoms with van der Waals surface area (Å²) in [7, 11) is -2.72. The van der Waals surface area contributed by atoms with E-state index in [1.54, 1.807) is 19.1 Å². The molecule has 0 aliphatic heterocycles. The van der Waals surface area contributed by atoms with Gasteiger partial charge in [-0.05, 0) is 41.2 Å². The average molecular weight is 411 g/mol. The van der Waals surface area contributed by atoms with Crippen LogP contribution in [0, 0.1) is 0 Å². The van der Waals surface area contributed by atoms with Crippen molar-refractivity contribution in [1.82, 2.24) is 4.98 Å². The zero-order valence-electron chi connectivity index (χ0n) is 17.9. The molecule has 1 rings (SSSR count). The zero-order chi connectivity index (χ0) is 21.7. The summed E-state index contributed by atoms with van der Waals surface area (Å²) in [6.45, 7) is 13.9. The topological polar surface area (TPSA) is 112 Å². The molecule has 1 aromatic rings. The van der Waals surface area contributed by atoms with Crippen molar-refractivity contribution in [2.75, 3.05) is 6.61 Å². The highest BCUT2D eigenvalue weighted by Crippen LogP contribution is 2.46. The van der Waals surface area contributed by atoms with Crippen LogP contribution in [0.4, 0.5) is 0 Å². The molecule has 0 aliphatic carbocycles. The third-order valence-corrected chi connectivity index (χ3v) is 11.5. The van der Waals surface area contributed by atoms with Crippen LogP contribution in [0.25, 0.3) is 0 Å². The third kappa shape index (κ3) is 4.61. The highest BCUT2D eigenvalue weighted by molar-refractivity contribution is 6.77. The number of hydrogen-bond donors (Lipinski definition) is 2. The van der Waals surface area contributed by atoms with Crippen LogP contribution in [0.5, 0.6) is 0 Å². The highest BCUT2D eigenvalue weighted by atomic mass is 28.4. The minimum absolute atomic E-state index is 0.0926. The van der Waals surface area contributed by atoms with E-state index in [2.05, 4.69) is 4.98 Å². The Morgan fingerprint density at radius 1 is 1.11 bits per heavy atom. The molecule has 0 amide bonds. The van der Waals surface area contributed by atoms with E-state index in [1.165, 1.54) is 12.4 Å². The number of aromatic nitrogens is 1. The number of carbonyl (C=O) groups is 2. The summed E-state index contributed by atoms with van der Waals surface area (Å²) in [6, 6.07) is 3.14. The maximum Gasteiger partial charge on any atom is 0.351 e. The SMILES string of the molecule is CCOC(=O)[C@@H](c1ccncc1)[C@@](N)(O[Si](C(C)C)(C(C)C)C(C)C)C(=O)O. The lowest BCUT2D eigenvalue weighted by atomic mass is 9.89. The molecular formula is C20H34N2O5Si. The lowest BCUT2D eigenvalue weighted by Gasteiger charge is -2.48. The molecule has 0 fully saturated rings. The minimum atomic E-state index is -2.72. The van der Waals surface area contributed by atoms with Crippen molar-refractivity contribution in [2.45, 2.75) is 76.7 Å². The molecule has 0 saturated heterocycles. The van der Waals surface area contributed by atoms with E-state index in [4.69, 9.17) is 14.9 Å². The fraction of sp³-hybridized carbons (Fsp3) is 0.650. The van der Waals surface area contributed by atoms with Crippen LogP contribution in [0.1, 0.15) is 59.9 Å². The number of carboxylic acids is 1. The van der Waals surface area contributed by atoms with Crippen LogP contribution in [-0.2, 0) is 18.8 Å². The molecule has 158 valence electrons. The Balaban J connectivity index is 3.66. The van der Waals surface area contributed by atoms with Gasteiger partial charge in [0.25, 0.3) is 0 Å². The summed E-state index contributed by atoms with van der Waals surface area (Å²) in [5.41, 5.74) is 4.87. The van der Waals surface area contributed by atoms with Crippen molar-refractivity contribution in [3.05, 3.63) is 30.1 Å². The van der Waals surface area contributed by atoms with Gasteiger partial charge in [0.05, 0.1) is 6.61 Å². The summed E-state index contributed by atoms with van der Waals surface area (Å²) in [5.74, 6) is -3.42. The Morgan fingerprint density at radius 2 is 1.57 bits per heavy atom. The van der Waals surface area contributed by atoms with Gasteiger partial charge < -0.3 is 14.3 Å². The van der Waals surface area contributed by atoms with Crippen molar-refractivity contribution in [3.8, 4) is 0 Å². The molecule has 2 atom stereocenters. The number of nitrogens with zero attached hydrogens (tertiary/aromatic N) is 1. The number of hydrogen-bond acceptors (Lipinski definition) is 6. The molecule has 1 aromatic heterocycles. The number of nitrogens with two attached hydrogens (primary N) is 1. The second kappa shape index (κ2) is 9.62. The molecule has 0 radical (unpaired) electrons. The van der Waals surface area contributed by atoms with Gasteiger partial charge in [-0.25, -0.2) is 4.79 Å². The molecule has 1 heterocycles. The van der Waals surface area contributed by atoms with Gasteiger partial charge in [0.2, 0.25) is 14.0 Å². The standard InChI is InChI=1S/C20H34N2O5Si/c1-8-26-18(23)17(16-9-11-22-12-10-16)20(21,19(24)25)27-28(13(2)3,14(4)5)15(6)7/h9-15,17H,8,21H2,1-7H3,(H,24,25)/t17-,20-/m1/s1. The van der Waals surface area contributed by atoms with Crippen LogP contribution in [0.15, 0.2) is 24.5 Å². The van der Waals surface area contributed by atoms with Crippen molar-refractivity contribution < 1.29 is 23.9 Å². The highest BCUT2D eigenvalue weighted by Gasteiger charge is 2.57. The van der Waals surface area contributed by atoms with Crippen LogP contribution < -0.4 is 5.73 Å². The normalized spacial score (nSPS) is 15.5. The molecule has 0 unspecified atom stereocenters. The summed E-state index contributed by atoms with van der Waals surface area (Å²) in [5, 5.41) is 10.1. The zero-order valence-corrected chi connectivity index (χ0v) is 18.9. The summed E-state index contributed by atoms with van der Waals surface area (Å²) in [4.78, 5) is 29.2. The Labute approximate surface area is 168 Å². The van der Waals surface area contributed by atoms with Gasteiger partial charge in [-0.2, -0.15) is 0 Å². The van der Waals surface area contributed by atoms with Crippen LogP contribution in [-0.4, -0.2) is 42.7 Å². The third-order valence-electron chi connectivity index (χ3n) is 5.38. The van der Waals surface area contributed by atoms with Gasteiger partial charge in [-0.15, -0.1) is 0 Å². The maximum atomic E-state index is 12.8. The predicted molar refractivity (Wildman–Crippen MR) is 110 cm³/mol. The monoisotopic (exact) mass is 410 g/mol. The fourth-order valence-corrected chi connectivity index (χ4v) is 9.71. The minimum Gasteiger partial charge on any atom is -0.478 e. The van der Waals surface area contributed by atoms with Crippen LogP contribution >= 0.6 is 0 Å². The van der Waals surface area contributed by atoms with E-state index in [0.29, 0.717) is 5.56 Å². The van der Waals surface area contributed by atoms with Gasteiger partial charge >= 0.3 is 11.9 Å². The van der Waals surface area contributed by atoms with Crippen molar-refractivity contribution in [2.24, 2.45) is 5.73 Å². The second-order valence-electron chi connectivity index (χ2n) is 7.98. The number of esters is 1. The van der Waals surface area contributed by atoms with Crippen molar-refractivity contribution >= 4 is 20.3 Å². The maximum absolute atomic E-state index is 12.8. The summed E-state index contributed by atoms with van der Waals surface area (Å²) in [6.07, 6.45) is 2.98. The van der Waals surface area contributed by atoms with Gasteiger partial charge in [0.1, 0.15) is 5.92 Å². The van der Waals surface area contributed by atoms with Gasteiger partial charge in [0, 0.05) is 12.4 Å². The smallest absolute Gasteiger partial charge is 0.351 e. The molecule has 28 heavy (non-hydrogen) atoms. The van der Waals surface area contributed by atoms with E-state index in [9.17, 15) is 14.7 Å². The number of carbonyl (C=O) groups excluding carboxylic acids is 1. The van der Waals surface area contributed by atoms with E-state index >= 15 is 0 Å². The van der Waals surface area contributed by atoms with E-state index in [1.807, 2.05) is 41.5 Å². The first kappa shape index (κ1) is 24.3. The average Bonchev–Trinajstić information content (AvgIpc) is 2.60. The lowest BCUT2D eigenvalue weighted by molar-refractivity contribution is -0.168. The Kier molecular flexibility index (Phi) is 8.34. The fourth-order valence-electron chi connectivity index (χ4n) is 4.21. The molecule has 0 aliphatic rings. The molecule has 8 heteroatoms. The molecule has 3 N–H and O–H groups in total. The molecule has 0 bridgehead atoms. The molecule has 0 spiro atoms. The van der Waals surface area contributed by atoms with E-state index in [0.717, 1.165) is 0 Å². The molecule has 0 aromatic carbocycles. The molecule has 0 saturated carbocycles. The lowest BCUT2D eigenvalue weighted by Crippen LogP contribution is -2.65. The van der Waals surface area contributed by atoms with Gasteiger partial charge in [-0.1, -0.05) is 41.5 Å².